The summed E-state index contributed by atoms with van der Waals surface area (Å²) >= 11 is 3.44. The van der Waals surface area contributed by atoms with Crippen LogP contribution >= 0.6 is 15.9 Å². The van der Waals surface area contributed by atoms with Gasteiger partial charge in [0, 0.05) is 10.2 Å². The molecule has 1 unspecified atom stereocenters. The van der Waals surface area contributed by atoms with Crippen LogP contribution in [0.2, 0.25) is 0 Å². The quantitative estimate of drug-likeness (QED) is 0.844. The summed E-state index contributed by atoms with van der Waals surface area (Å²) in [6.45, 7) is 2.03. The van der Waals surface area contributed by atoms with E-state index in [0.29, 0.717) is 5.92 Å². The number of carbonyl (C=O) groups is 1. The summed E-state index contributed by atoms with van der Waals surface area (Å²) in [6.07, 6.45) is 2.91. The molecule has 1 aromatic rings. The van der Waals surface area contributed by atoms with E-state index in [1.54, 1.807) is 0 Å². The fraction of sp³-hybridized carbons (Fsp3) is 0.500. The molecule has 2 rings (SSSR count). The van der Waals surface area contributed by atoms with Crippen LogP contribution in [0.25, 0.3) is 0 Å². The normalized spacial score (nSPS) is 17.9. The Morgan fingerprint density at radius 1 is 1.56 bits per heavy atom. The molecule has 0 spiro atoms. The molecule has 1 aromatic carbocycles. The lowest BCUT2D eigenvalue weighted by atomic mass is 9.89. The van der Waals surface area contributed by atoms with Crippen LogP contribution in [-0.4, -0.2) is 18.6 Å². The zero-order chi connectivity index (χ0) is 13.2. The monoisotopic (exact) mass is 311 g/mol. The van der Waals surface area contributed by atoms with Crippen molar-refractivity contribution in [1.29, 1.82) is 0 Å². The number of carbonyl (C=O) groups excluding carboxylic acids is 1. The predicted molar refractivity (Wildman–Crippen MR) is 75.5 cm³/mol. The van der Waals surface area contributed by atoms with Gasteiger partial charge in [-0.25, -0.2) is 4.79 Å². The van der Waals surface area contributed by atoms with Gasteiger partial charge in [-0.3, -0.25) is 0 Å². The maximum atomic E-state index is 12.1. The third-order valence-corrected chi connectivity index (χ3v) is 4.07. The first-order chi connectivity index (χ1) is 8.62. The van der Waals surface area contributed by atoms with Gasteiger partial charge in [-0.05, 0) is 43.4 Å². The number of hydrogen-bond donors (Lipinski definition) is 1. The van der Waals surface area contributed by atoms with Gasteiger partial charge in [0.25, 0.3) is 0 Å². The van der Waals surface area contributed by atoms with Crippen LogP contribution in [0.4, 0.5) is 5.69 Å². The number of benzene rings is 1. The van der Waals surface area contributed by atoms with Crippen molar-refractivity contribution in [2.45, 2.75) is 31.7 Å². The van der Waals surface area contributed by atoms with Crippen LogP contribution in [0.1, 0.15) is 26.2 Å². The topological polar surface area (TPSA) is 38.3 Å². The molecule has 3 nitrogen and oxygen atoms in total. The van der Waals surface area contributed by atoms with Gasteiger partial charge in [-0.15, -0.1) is 0 Å². The first kappa shape index (κ1) is 13.4. The lowest BCUT2D eigenvalue weighted by molar-refractivity contribution is -0.147. The van der Waals surface area contributed by atoms with Gasteiger partial charge < -0.3 is 10.1 Å². The molecular formula is C14H18BrNO2. The van der Waals surface area contributed by atoms with Crippen LogP contribution in [0.3, 0.4) is 0 Å². The van der Waals surface area contributed by atoms with Crippen LogP contribution in [0, 0.1) is 5.92 Å². The van der Waals surface area contributed by atoms with E-state index in [-0.39, 0.29) is 5.97 Å². The van der Waals surface area contributed by atoms with Gasteiger partial charge in [0.05, 0.1) is 7.11 Å². The second kappa shape index (κ2) is 5.31. The molecule has 0 heterocycles. The Morgan fingerprint density at radius 2 is 2.28 bits per heavy atom. The standard InChI is InChI=1S/C14H18BrNO2/c1-3-14(10-7-8-10,13(17)18-2)16-12-6-4-5-11(15)9-12/h4-6,9-10,16H,3,7-8H2,1-2H3. The number of hydrogen-bond acceptors (Lipinski definition) is 3. The molecule has 1 N–H and O–H groups in total. The minimum Gasteiger partial charge on any atom is -0.467 e. The average Bonchev–Trinajstić information content (AvgIpc) is 3.19. The Hall–Kier alpha value is -1.03. The van der Waals surface area contributed by atoms with Gasteiger partial charge in [0.1, 0.15) is 5.54 Å². The highest BCUT2D eigenvalue weighted by Gasteiger charge is 2.50. The molecule has 1 aliphatic rings. The van der Waals surface area contributed by atoms with Crippen LogP contribution in [0.15, 0.2) is 28.7 Å². The van der Waals surface area contributed by atoms with Crippen LogP contribution < -0.4 is 5.32 Å². The highest BCUT2D eigenvalue weighted by Crippen LogP contribution is 2.44. The van der Waals surface area contributed by atoms with Crippen molar-refractivity contribution >= 4 is 27.6 Å². The minimum atomic E-state index is -0.574. The predicted octanol–water partition coefficient (Wildman–Crippen LogP) is 3.59. The first-order valence-electron chi connectivity index (χ1n) is 6.24. The maximum absolute atomic E-state index is 12.1. The van der Waals surface area contributed by atoms with Crippen molar-refractivity contribution in [2.24, 2.45) is 5.92 Å². The smallest absolute Gasteiger partial charge is 0.331 e. The molecule has 98 valence electrons. The summed E-state index contributed by atoms with van der Waals surface area (Å²) in [5.74, 6) is 0.224. The van der Waals surface area contributed by atoms with Gasteiger partial charge in [-0.1, -0.05) is 28.9 Å². The molecule has 4 heteroatoms. The van der Waals surface area contributed by atoms with Crippen molar-refractivity contribution in [2.75, 3.05) is 12.4 Å². The lowest BCUT2D eigenvalue weighted by Crippen LogP contribution is -2.48. The maximum Gasteiger partial charge on any atom is 0.331 e. The van der Waals surface area contributed by atoms with E-state index in [1.165, 1.54) is 7.11 Å². The van der Waals surface area contributed by atoms with Crippen molar-refractivity contribution < 1.29 is 9.53 Å². The first-order valence-corrected chi connectivity index (χ1v) is 7.04. The summed E-state index contributed by atoms with van der Waals surface area (Å²) in [5.41, 5.74) is 0.374. The fourth-order valence-corrected chi connectivity index (χ4v) is 2.82. The molecule has 0 saturated heterocycles. The molecule has 1 aliphatic carbocycles. The number of esters is 1. The fourth-order valence-electron chi connectivity index (χ4n) is 2.42. The van der Waals surface area contributed by atoms with Crippen molar-refractivity contribution in [3.63, 3.8) is 0 Å². The van der Waals surface area contributed by atoms with E-state index in [1.807, 2.05) is 31.2 Å². The highest BCUT2D eigenvalue weighted by molar-refractivity contribution is 9.10. The highest BCUT2D eigenvalue weighted by atomic mass is 79.9. The Morgan fingerprint density at radius 3 is 2.78 bits per heavy atom. The van der Waals surface area contributed by atoms with Crippen LogP contribution in [0.5, 0.6) is 0 Å². The summed E-state index contributed by atoms with van der Waals surface area (Å²) < 4.78 is 6.00. The summed E-state index contributed by atoms with van der Waals surface area (Å²) in [4.78, 5) is 12.1. The Balaban J connectivity index is 2.27. The number of halogens is 1. The number of anilines is 1. The van der Waals surface area contributed by atoms with E-state index in [2.05, 4.69) is 21.2 Å². The van der Waals surface area contributed by atoms with E-state index >= 15 is 0 Å². The molecule has 1 fully saturated rings. The van der Waals surface area contributed by atoms with Gasteiger partial charge >= 0.3 is 5.97 Å². The number of nitrogens with one attached hydrogen (secondary N) is 1. The molecule has 1 saturated carbocycles. The molecule has 0 aromatic heterocycles. The minimum absolute atomic E-state index is 0.160. The Labute approximate surface area is 116 Å². The third kappa shape index (κ3) is 2.53. The molecule has 0 radical (unpaired) electrons. The van der Waals surface area contributed by atoms with Crippen molar-refractivity contribution in [3.8, 4) is 0 Å². The molecule has 1 atom stereocenters. The van der Waals surface area contributed by atoms with Crippen LogP contribution in [-0.2, 0) is 9.53 Å². The number of ether oxygens (including phenoxy) is 1. The number of rotatable bonds is 5. The zero-order valence-electron chi connectivity index (χ0n) is 10.7. The third-order valence-electron chi connectivity index (χ3n) is 3.57. The Kier molecular flexibility index (Phi) is 3.95. The van der Waals surface area contributed by atoms with Gasteiger partial charge in [-0.2, -0.15) is 0 Å². The average molecular weight is 312 g/mol. The second-order valence-electron chi connectivity index (χ2n) is 4.73. The van der Waals surface area contributed by atoms with Crippen molar-refractivity contribution in [3.05, 3.63) is 28.7 Å². The SMILES string of the molecule is CCC(Nc1cccc(Br)c1)(C(=O)OC)C1CC1. The zero-order valence-corrected chi connectivity index (χ0v) is 12.3. The van der Waals surface area contributed by atoms with Crippen molar-refractivity contribution in [1.82, 2.24) is 0 Å². The number of methoxy groups -OCH3 is 1. The molecule has 18 heavy (non-hydrogen) atoms. The van der Waals surface area contributed by atoms with E-state index in [0.717, 1.165) is 29.4 Å². The van der Waals surface area contributed by atoms with E-state index in [4.69, 9.17) is 4.74 Å². The summed E-state index contributed by atoms with van der Waals surface area (Å²) in [5, 5.41) is 3.39. The second-order valence-corrected chi connectivity index (χ2v) is 5.64. The molecule has 0 bridgehead atoms. The van der Waals surface area contributed by atoms with Gasteiger partial charge in [0.2, 0.25) is 0 Å². The van der Waals surface area contributed by atoms with E-state index < -0.39 is 5.54 Å². The summed E-state index contributed by atoms with van der Waals surface area (Å²) in [7, 11) is 1.46. The summed E-state index contributed by atoms with van der Waals surface area (Å²) in [6, 6.07) is 7.88. The molecule has 0 amide bonds. The molecule has 0 aliphatic heterocycles. The lowest BCUT2D eigenvalue weighted by Gasteiger charge is -2.32. The molecular weight excluding hydrogens is 294 g/mol. The van der Waals surface area contributed by atoms with Gasteiger partial charge in [0.15, 0.2) is 0 Å². The largest absolute Gasteiger partial charge is 0.467 e. The van der Waals surface area contributed by atoms with E-state index in [9.17, 15) is 4.79 Å². The Bertz CT molecular complexity index is 445.